The third kappa shape index (κ3) is 12.4. The number of ether oxygens (including phenoxy) is 6. The zero-order chi connectivity index (χ0) is 28.9. The minimum atomic E-state index is -1.44. The van der Waals surface area contributed by atoms with Crippen molar-refractivity contribution >= 4 is 18.2 Å². The van der Waals surface area contributed by atoms with Crippen molar-refractivity contribution in [1.82, 2.24) is 4.90 Å². The summed E-state index contributed by atoms with van der Waals surface area (Å²) in [7, 11) is 0. The molecule has 218 valence electrons. The molecule has 0 unspecified atom stereocenters. The van der Waals surface area contributed by atoms with Crippen molar-refractivity contribution in [3.63, 3.8) is 0 Å². The molecule has 0 aromatic heterocycles. The lowest BCUT2D eigenvalue weighted by Crippen LogP contribution is -2.54. The Morgan fingerprint density at radius 1 is 0.868 bits per heavy atom. The van der Waals surface area contributed by atoms with E-state index >= 15 is 0 Å². The third-order valence-electron chi connectivity index (χ3n) is 5.05. The molecule has 0 radical (unpaired) electrons. The molecular formula is C28H47NO9. The molecule has 1 heterocycles. The zero-order valence-corrected chi connectivity index (χ0v) is 24.5. The van der Waals surface area contributed by atoms with Crippen molar-refractivity contribution in [1.29, 1.82) is 0 Å². The van der Waals surface area contributed by atoms with Gasteiger partial charge in [-0.15, -0.1) is 0 Å². The molecule has 0 bridgehead atoms. The normalized spacial score (nSPS) is 23.4. The number of carbonyl (C=O) groups excluding carboxylic acids is 3. The maximum atomic E-state index is 13.4. The SMILES string of the molecule is CC/C=C/CO[C@H]1[C@H](C)OC(=O)[C@@H](N(C(=O)OC(C)(C)C)C(=O)OC(C)(C)C)COC[C@@H]1OC/C=C/CC. The topological polar surface area (TPSA) is 110 Å². The highest BCUT2D eigenvalue weighted by Crippen LogP contribution is 2.22. The van der Waals surface area contributed by atoms with Gasteiger partial charge in [0.2, 0.25) is 0 Å². The van der Waals surface area contributed by atoms with Gasteiger partial charge in [0.25, 0.3) is 0 Å². The second kappa shape index (κ2) is 15.9. The molecule has 0 aromatic carbocycles. The molecule has 10 heteroatoms. The number of imide groups is 1. The summed E-state index contributed by atoms with van der Waals surface area (Å²) in [5, 5.41) is 0. The number of esters is 1. The van der Waals surface area contributed by atoms with Crippen LogP contribution in [0.3, 0.4) is 0 Å². The maximum absolute atomic E-state index is 13.4. The van der Waals surface area contributed by atoms with Crippen molar-refractivity contribution in [2.45, 2.75) is 111 Å². The summed E-state index contributed by atoms with van der Waals surface area (Å²) in [6.07, 6.45) is 5.35. The Bertz CT molecular complexity index is 782. The first-order chi connectivity index (χ1) is 17.7. The van der Waals surface area contributed by atoms with E-state index in [4.69, 9.17) is 28.4 Å². The van der Waals surface area contributed by atoms with Crippen LogP contribution in [0.4, 0.5) is 9.59 Å². The van der Waals surface area contributed by atoms with E-state index in [1.807, 2.05) is 38.2 Å². The van der Waals surface area contributed by atoms with Crippen LogP contribution in [-0.4, -0.2) is 85.0 Å². The van der Waals surface area contributed by atoms with Gasteiger partial charge in [-0.2, -0.15) is 4.90 Å². The first-order valence-electron chi connectivity index (χ1n) is 13.3. The molecule has 2 amide bonds. The molecule has 0 aromatic rings. The van der Waals surface area contributed by atoms with Crippen LogP contribution in [0.25, 0.3) is 0 Å². The highest BCUT2D eigenvalue weighted by molar-refractivity contribution is 5.94. The van der Waals surface area contributed by atoms with E-state index in [2.05, 4.69) is 0 Å². The third-order valence-corrected chi connectivity index (χ3v) is 5.05. The average molecular weight is 542 g/mol. The summed E-state index contributed by atoms with van der Waals surface area (Å²) < 4.78 is 34.5. The quantitative estimate of drug-likeness (QED) is 0.221. The first kappa shape index (κ1) is 33.6. The molecular weight excluding hydrogens is 494 g/mol. The number of cyclic esters (lactones) is 1. The van der Waals surface area contributed by atoms with Crippen molar-refractivity contribution in [2.24, 2.45) is 0 Å². The lowest BCUT2D eigenvalue weighted by Gasteiger charge is -2.32. The van der Waals surface area contributed by atoms with E-state index in [0.29, 0.717) is 11.5 Å². The Labute approximate surface area is 227 Å². The van der Waals surface area contributed by atoms with E-state index in [-0.39, 0.29) is 19.8 Å². The fourth-order valence-electron chi connectivity index (χ4n) is 3.42. The maximum Gasteiger partial charge on any atom is 0.420 e. The number of nitrogens with zero attached hydrogens (tertiary/aromatic N) is 1. The Morgan fingerprint density at radius 3 is 1.84 bits per heavy atom. The predicted molar refractivity (Wildman–Crippen MR) is 143 cm³/mol. The zero-order valence-electron chi connectivity index (χ0n) is 24.5. The summed E-state index contributed by atoms with van der Waals surface area (Å²) in [5.41, 5.74) is -1.85. The van der Waals surface area contributed by atoms with Crippen LogP contribution in [0.1, 0.15) is 75.2 Å². The summed E-state index contributed by atoms with van der Waals surface area (Å²) in [5.74, 6) is -0.849. The fraction of sp³-hybridized carbons (Fsp3) is 0.750. The van der Waals surface area contributed by atoms with Gasteiger partial charge in [0, 0.05) is 0 Å². The molecule has 0 aliphatic carbocycles. The van der Waals surface area contributed by atoms with Gasteiger partial charge in [-0.1, -0.05) is 38.2 Å². The Hall–Kier alpha value is -2.43. The van der Waals surface area contributed by atoms with Gasteiger partial charge in [-0.05, 0) is 61.3 Å². The Morgan fingerprint density at radius 2 is 1.37 bits per heavy atom. The molecule has 0 spiro atoms. The second-order valence-electron chi connectivity index (χ2n) is 11.0. The molecule has 0 saturated carbocycles. The number of allylic oxidation sites excluding steroid dienone is 2. The van der Waals surface area contributed by atoms with Crippen molar-refractivity contribution < 1.29 is 42.8 Å². The average Bonchev–Trinajstić information content (AvgIpc) is 2.82. The highest BCUT2D eigenvalue weighted by atomic mass is 16.6. The highest BCUT2D eigenvalue weighted by Gasteiger charge is 2.44. The standard InChI is InChI=1S/C28H47NO9/c1-10-12-14-16-34-22-19-33-18-21(24(30)36-20(3)23(22)35-17-15-13-11-2)29(25(31)37-27(4,5)6)26(32)38-28(7,8)9/h12-15,20-23H,10-11,16-19H2,1-9H3/b14-12+,15-13+/t20-,21-,22-,23-/m0/s1. The molecule has 0 N–H and O–H groups in total. The van der Waals surface area contributed by atoms with Crippen LogP contribution in [0.2, 0.25) is 0 Å². The molecule has 1 saturated heterocycles. The van der Waals surface area contributed by atoms with E-state index in [1.165, 1.54) is 0 Å². The Balaban J connectivity index is 3.30. The molecule has 1 aliphatic rings. The van der Waals surface area contributed by atoms with E-state index in [9.17, 15) is 14.4 Å². The van der Waals surface area contributed by atoms with E-state index < -0.39 is 53.7 Å². The monoisotopic (exact) mass is 541 g/mol. The van der Waals surface area contributed by atoms with Crippen LogP contribution in [0, 0.1) is 0 Å². The fourth-order valence-corrected chi connectivity index (χ4v) is 3.42. The lowest BCUT2D eigenvalue weighted by atomic mass is 10.1. The van der Waals surface area contributed by atoms with Crippen LogP contribution in [-0.2, 0) is 33.2 Å². The van der Waals surface area contributed by atoms with Crippen LogP contribution >= 0.6 is 0 Å². The summed E-state index contributed by atoms with van der Waals surface area (Å²) in [6, 6.07) is -1.44. The summed E-state index contributed by atoms with van der Waals surface area (Å²) in [6.45, 7) is 16.0. The smallest absolute Gasteiger partial charge is 0.420 e. The largest absolute Gasteiger partial charge is 0.458 e. The summed E-state index contributed by atoms with van der Waals surface area (Å²) >= 11 is 0. The minimum Gasteiger partial charge on any atom is -0.458 e. The van der Waals surface area contributed by atoms with Gasteiger partial charge < -0.3 is 28.4 Å². The minimum absolute atomic E-state index is 0.0378. The van der Waals surface area contributed by atoms with Gasteiger partial charge in [-0.3, -0.25) is 0 Å². The van der Waals surface area contributed by atoms with Gasteiger partial charge >= 0.3 is 18.2 Å². The second-order valence-corrected chi connectivity index (χ2v) is 11.0. The summed E-state index contributed by atoms with van der Waals surface area (Å²) in [4.78, 5) is 40.2. The Kier molecular flexibility index (Phi) is 14.0. The van der Waals surface area contributed by atoms with Gasteiger partial charge in [0.15, 0.2) is 6.04 Å². The predicted octanol–water partition coefficient (Wildman–Crippen LogP) is 5.19. The van der Waals surface area contributed by atoms with Gasteiger partial charge in [-0.25, -0.2) is 14.4 Å². The number of amides is 2. The molecule has 38 heavy (non-hydrogen) atoms. The molecule has 10 nitrogen and oxygen atoms in total. The van der Waals surface area contributed by atoms with Crippen LogP contribution in [0.5, 0.6) is 0 Å². The molecule has 4 atom stereocenters. The molecule has 1 rings (SSSR count). The van der Waals surface area contributed by atoms with Crippen molar-refractivity contribution in [2.75, 3.05) is 26.4 Å². The van der Waals surface area contributed by atoms with E-state index in [1.54, 1.807) is 48.5 Å². The number of rotatable bonds is 9. The number of carbonyl (C=O) groups is 3. The van der Waals surface area contributed by atoms with E-state index in [0.717, 1.165) is 12.8 Å². The van der Waals surface area contributed by atoms with Crippen LogP contribution < -0.4 is 0 Å². The van der Waals surface area contributed by atoms with Crippen molar-refractivity contribution in [3.8, 4) is 0 Å². The lowest BCUT2D eigenvalue weighted by molar-refractivity contribution is -0.167. The molecule has 1 aliphatic heterocycles. The van der Waals surface area contributed by atoms with Crippen LogP contribution in [0.15, 0.2) is 24.3 Å². The van der Waals surface area contributed by atoms with Crippen molar-refractivity contribution in [3.05, 3.63) is 24.3 Å². The number of hydrogen-bond acceptors (Lipinski definition) is 9. The number of hydrogen-bond donors (Lipinski definition) is 0. The van der Waals surface area contributed by atoms with Gasteiger partial charge in [0.05, 0.1) is 26.4 Å². The van der Waals surface area contributed by atoms with Gasteiger partial charge in [0.1, 0.15) is 29.5 Å². The first-order valence-corrected chi connectivity index (χ1v) is 13.3. The molecule has 1 fully saturated rings.